The monoisotopic (exact) mass is 444 g/mol. The van der Waals surface area contributed by atoms with Gasteiger partial charge in [0.25, 0.3) is 5.91 Å². The number of amides is 1. The van der Waals surface area contributed by atoms with Gasteiger partial charge in [0.1, 0.15) is 29.7 Å². The fourth-order valence-electron chi connectivity index (χ4n) is 4.25. The number of nitrogens with one attached hydrogen (secondary N) is 1. The second kappa shape index (κ2) is 9.44. The van der Waals surface area contributed by atoms with Gasteiger partial charge in [-0.25, -0.2) is 4.98 Å². The van der Waals surface area contributed by atoms with E-state index in [-0.39, 0.29) is 5.91 Å². The number of carbonyl (C=O) groups excluding carboxylic acids is 1. The second-order valence-electron chi connectivity index (χ2n) is 8.47. The van der Waals surface area contributed by atoms with Crippen molar-refractivity contribution >= 4 is 11.6 Å². The SMILES string of the molecule is Cc1cccn2cc(COc3ccc(C(=O)NCCc4nnc5n4CCCCC5)cc3)nc12. The molecule has 4 aromatic rings. The highest BCUT2D eigenvalue weighted by atomic mass is 16.5. The molecule has 0 bridgehead atoms. The van der Waals surface area contributed by atoms with Gasteiger partial charge in [-0.15, -0.1) is 10.2 Å². The minimum absolute atomic E-state index is 0.104. The predicted molar refractivity (Wildman–Crippen MR) is 124 cm³/mol. The lowest BCUT2D eigenvalue weighted by atomic mass is 10.2. The van der Waals surface area contributed by atoms with Crippen molar-refractivity contribution in [1.82, 2.24) is 29.5 Å². The Hall–Kier alpha value is -3.68. The van der Waals surface area contributed by atoms with Crippen LogP contribution in [0.25, 0.3) is 5.65 Å². The summed E-state index contributed by atoms with van der Waals surface area (Å²) in [6.45, 7) is 3.91. The first kappa shape index (κ1) is 21.2. The highest BCUT2D eigenvalue weighted by Crippen LogP contribution is 2.17. The number of nitrogens with zero attached hydrogens (tertiary/aromatic N) is 5. The summed E-state index contributed by atoms with van der Waals surface area (Å²) in [5.74, 6) is 2.63. The Balaban J connectivity index is 1.13. The molecule has 1 aliphatic rings. The van der Waals surface area contributed by atoms with Gasteiger partial charge in [-0.05, 0) is 55.7 Å². The van der Waals surface area contributed by atoms with Crippen molar-refractivity contribution in [2.45, 2.75) is 52.2 Å². The van der Waals surface area contributed by atoms with Gasteiger partial charge < -0.3 is 19.0 Å². The number of hydrogen-bond donors (Lipinski definition) is 1. The van der Waals surface area contributed by atoms with Crippen LogP contribution in [0.5, 0.6) is 5.75 Å². The van der Waals surface area contributed by atoms with Crippen molar-refractivity contribution in [3.63, 3.8) is 0 Å². The summed E-state index contributed by atoms with van der Waals surface area (Å²) in [5, 5.41) is 11.6. The first-order valence-electron chi connectivity index (χ1n) is 11.5. The van der Waals surface area contributed by atoms with Gasteiger partial charge in [0.15, 0.2) is 0 Å². The van der Waals surface area contributed by atoms with Gasteiger partial charge in [-0.1, -0.05) is 12.5 Å². The van der Waals surface area contributed by atoms with E-state index in [4.69, 9.17) is 4.74 Å². The average Bonchev–Trinajstić information content (AvgIpc) is 3.35. The van der Waals surface area contributed by atoms with Gasteiger partial charge in [-0.3, -0.25) is 4.79 Å². The normalized spacial score (nSPS) is 13.5. The summed E-state index contributed by atoms with van der Waals surface area (Å²) in [6, 6.07) is 11.2. The third-order valence-electron chi connectivity index (χ3n) is 6.05. The number of ether oxygens (including phenoxy) is 1. The molecule has 0 radical (unpaired) electrons. The third kappa shape index (κ3) is 4.74. The van der Waals surface area contributed by atoms with E-state index in [1.165, 1.54) is 12.8 Å². The summed E-state index contributed by atoms with van der Waals surface area (Å²) in [5.41, 5.74) is 3.52. The molecule has 0 fully saturated rings. The van der Waals surface area contributed by atoms with E-state index in [9.17, 15) is 4.79 Å². The van der Waals surface area contributed by atoms with Crippen molar-refractivity contribution in [2.75, 3.05) is 6.54 Å². The van der Waals surface area contributed by atoms with E-state index in [2.05, 4.69) is 25.1 Å². The van der Waals surface area contributed by atoms with Crippen molar-refractivity contribution in [2.24, 2.45) is 0 Å². The van der Waals surface area contributed by atoms with E-state index >= 15 is 0 Å². The smallest absolute Gasteiger partial charge is 0.251 e. The van der Waals surface area contributed by atoms with Gasteiger partial charge in [0.05, 0.1) is 5.69 Å². The summed E-state index contributed by atoms with van der Waals surface area (Å²) < 4.78 is 10.1. The Kier molecular flexibility index (Phi) is 6.06. The second-order valence-corrected chi connectivity index (χ2v) is 8.47. The number of benzene rings is 1. The van der Waals surface area contributed by atoms with Crippen LogP contribution in [0.1, 0.15) is 52.5 Å². The van der Waals surface area contributed by atoms with Crippen LogP contribution < -0.4 is 10.1 Å². The van der Waals surface area contributed by atoms with Crippen LogP contribution in [-0.4, -0.2) is 36.6 Å². The minimum atomic E-state index is -0.104. The number of hydrogen-bond acceptors (Lipinski definition) is 5. The number of aryl methyl sites for hydroxylation is 2. The Morgan fingerprint density at radius 1 is 1.12 bits per heavy atom. The lowest BCUT2D eigenvalue weighted by Gasteiger charge is -2.09. The predicted octanol–water partition coefficient (Wildman–Crippen LogP) is 3.51. The Bertz CT molecular complexity index is 1260. The molecule has 0 aliphatic carbocycles. The van der Waals surface area contributed by atoms with E-state index < -0.39 is 0 Å². The van der Waals surface area contributed by atoms with Gasteiger partial charge in [-0.2, -0.15) is 0 Å². The van der Waals surface area contributed by atoms with E-state index in [0.717, 1.165) is 47.9 Å². The zero-order valence-electron chi connectivity index (χ0n) is 18.8. The highest BCUT2D eigenvalue weighted by Gasteiger charge is 2.15. The fourth-order valence-corrected chi connectivity index (χ4v) is 4.25. The molecule has 3 aromatic heterocycles. The molecule has 8 heteroatoms. The average molecular weight is 445 g/mol. The number of imidazole rings is 1. The molecule has 1 aliphatic heterocycles. The number of pyridine rings is 1. The maximum Gasteiger partial charge on any atom is 0.251 e. The standard InChI is InChI=1S/C25H28N6O2/c1-18-6-5-14-30-16-20(27-24(18)30)17-33-21-10-8-19(9-11-21)25(32)26-13-12-23-29-28-22-7-3-2-4-15-31(22)23/h5-6,8-11,14,16H,2-4,7,12-13,15,17H2,1H3,(H,26,32). The molecule has 0 saturated heterocycles. The first-order chi connectivity index (χ1) is 16.2. The zero-order valence-corrected chi connectivity index (χ0v) is 18.8. The molecule has 0 spiro atoms. The molecule has 1 aromatic carbocycles. The van der Waals surface area contributed by atoms with E-state index in [0.29, 0.717) is 30.9 Å². The molecule has 4 heterocycles. The van der Waals surface area contributed by atoms with Crippen molar-refractivity contribution < 1.29 is 9.53 Å². The minimum Gasteiger partial charge on any atom is -0.487 e. The highest BCUT2D eigenvalue weighted by molar-refractivity contribution is 5.94. The lowest BCUT2D eigenvalue weighted by Crippen LogP contribution is -2.26. The van der Waals surface area contributed by atoms with Crippen LogP contribution in [0, 0.1) is 6.92 Å². The van der Waals surface area contributed by atoms with Crippen molar-refractivity contribution in [3.05, 3.63) is 77.3 Å². The number of carbonyl (C=O) groups is 1. The Morgan fingerprint density at radius 3 is 2.85 bits per heavy atom. The molecule has 0 unspecified atom stereocenters. The fraction of sp³-hybridized carbons (Fsp3) is 0.360. The maximum atomic E-state index is 12.5. The molecule has 170 valence electrons. The van der Waals surface area contributed by atoms with Crippen molar-refractivity contribution in [3.8, 4) is 5.75 Å². The number of rotatable bonds is 7. The van der Waals surface area contributed by atoms with Crippen LogP contribution in [0.3, 0.4) is 0 Å². The van der Waals surface area contributed by atoms with Gasteiger partial charge in [0.2, 0.25) is 0 Å². The van der Waals surface area contributed by atoms with Crippen molar-refractivity contribution in [1.29, 1.82) is 0 Å². The summed E-state index contributed by atoms with van der Waals surface area (Å²) in [7, 11) is 0. The topological polar surface area (TPSA) is 86.3 Å². The summed E-state index contributed by atoms with van der Waals surface area (Å²) >= 11 is 0. The van der Waals surface area contributed by atoms with Crippen LogP contribution in [0.2, 0.25) is 0 Å². The van der Waals surface area contributed by atoms with E-state index in [1.807, 2.05) is 48.0 Å². The van der Waals surface area contributed by atoms with Gasteiger partial charge >= 0.3 is 0 Å². The number of aromatic nitrogens is 5. The lowest BCUT2D eigenvalue weighted by molar-refractivity contribution is 0.0954. The molecule has 8 nitrogen and oxygen atoms in total. The summed E-state index contributed by atoms with van der Waals surface area (Å²) in [6.07, 6.45) is 9.19. The molecular formula is C25H28N6O2. The molecule has 5 rings (SSSR count). The van der Waals surface area contributed by atoms with Crippen LogP contribution in [-0.2, 0) is 26.0 Å². The molecule has 0 saturated carbocycles. The molecule has 33 heavy (non-hydrogen) atoms. The number of fused-ring (bicyclic) bond motifs is 2. The van der Waals surface area contributed by atoms with Gasteiger partial charge in [0, 0.05) is 43.9 Å². The third-order valence-corrected chi connectivity index (χ3v) is 6.05. The quantitative estimate of drug-likeness (QED) is 0.471. The molecule has 1 amide bonds. The van der Waals surface area contributed by atoms with Crippen LogP contribution >= 0.6 is 0 Å². The van der Waals surface area contributed by atoms with Crippen LogP contribution in [0.4, 0.5) is 0 Å². The van der Waals surface area contributed by atoms with E-state index in [1.54, 1.807) is 12.1 Å². The molecule has 1 N–H and O–H groups in total. The Morgan fingerprint density at radius 2 is 2.00 bits per heavy atom. The zero-order chi connectivity index (χ0) is 22.6. The molecular weight excluding hydrogens is 416 g/mol. The first-order valence-corrected chi connectivity index (χ1v) is 11.5. The molecule has 0 atom stereocenters. The maximum absolute atomic E-state index is 12.5. The van der Waals surface area contributed by atoms with Crippen LogP contribution in [0.15, 0.2) is 48.8 Å². The largest absolute Gasteiger partial charge is 0.487 e. The summed E-state index contributed by atoms with van der Waals surface area (Å²) in [4.78, 5) is 17.2. The Labute approximate surface area is 192 Å².